The van der Waals surface area contributed by atoms with Gasteiger partial charge in [-0.2, -0.15) is 0 Å². The molecule has 0 saturated heterocycles. The Kier molecular flexibility index (Phi) is 7.89. The molecule has 4 aliphatic carbocycles. The molecule has 0 aromatic rings. The fraction of sp³-hybridized carbons (Fsp3) is 1.00. The molecule has 5 heteroatoms. The van der Waals surface area contributed by atoms with Crippen LogP contribution in [0.1, 0.15) is 104 Å². The summed E-state index contributed by atoms with van der Waals surface area (Å²) in [5.41, 5.74) is 1.28. The van der Waals surface area contributed by atoms with Crippen LogP contribution in [0.2, 0.25) is 10.6 Å². The number of unbranched alkanes of at least 4 members (excludes halogenated alkanes) is 1. The van der Waals surface area contributed by atoms with E-state index < -0.39 is 10.1 Å². The zero-order valence-electron chi connectivity index (χ0n) is 20.0. The summed E-state index contributed by atoms with van der Waals surface area (Å²) in [6.45, 7) is 5.38. The van der Waals surface area contributed by atoms with Gasteiger partial charge in [0.2, 0.25) is 0 Å². The zero-order chi connectivity index (χ0) is 22.1. The fourth-order valence-electron chi connectivity index (χ4n) is 8.92. The number of hydrogen-bond donors (Lipinski definition) is 1. The van der Waals surface area contributed by atoms with E-state index in [1.165, 1.54) is 88.8 Å². The Morgan fingerprint density at radius 3 is 2.42 bits per heavy atom. The molecule has 3 nitrogen and oxygen atoms in total. The van der Waals surface area contributed by atoms with Crippen LogP contribution in [-0.2, 0) is 10.1 Å². The Hall–Kier alpha value is 0.429. The average molecular weight is 518 g/mol. The molecule has 180 valence electrons. The molecule has 0 radical (unpaired) electrons. The second-order valence-corrected chi connectivity index (χ2v) is 16.1. The third-order valence-corrected chi connectivity index (χ3v) is 13.8. The standard InChI is InChI=1S/C26H46O3SSe/c1-25-15-5-3-8-20(25)10-12-22-23-13-11-21(26(23,2)16-14-24(22)25)9-4-6-18-31-19-7-17-30(27,28)29/h20-24H,3-19H2,1-2H3,(H,27,28,29). The van der Waals surface area contributed by atoms with Gasteiger partial charge in [-0.1, -0.05) is 6.42 Å². The molecule has 31 heavy (non-hydrogen) atoms. The third kappa shape index (κ3) is 5.25. The summed E-state index contributed by atoms with van der Waals surface area (Å²) in [6.07, 6.45) is 19.8. The summed E-state index contributed by atoms with van der Waals surface area (Å²) in [5, 5.41) is 2.26. The molecule has 0 aliphatic heterocycles. The van der Waals surface area contributed by atoms with Crippen LogP contribution in [-0.4, -0.2) is 33.7 Å². The third-order valence-electron chi connectivity index (χ3n) is 10.6. The van der Waals surface area contributed by atoms with E-state index in [2.05, 4.69) is 13.8 Å². The Morgan fingerprint density at radius 2 is 1.61 bits per heavy atom. The molecular weight excluding hydrogens is 471 g/mol. The van der Waals surface area contributed by atoms with Crippen LogP contribution in [0.15, 0.2) is 0 Å². The summed E-state index contributed by atoms with van der Waals surface area (Å²) in [4.78, 5) is 0. The first-order valence-corrected chi connectivity index (χ1v) is 17.3. The molecule has 7 unspecified atom stereocenters. The number of hydrogen-bond acceptors (Lipinski definition) is 2. The van der Waals surface area contributed by atoms with Crippen molar-refractivity contribution in [2.75, 3.05) is 5.75 Å². The van der Waals surface area contributed by atoms with Crippen molar-refractivity contribution in [3.63, 3.8) is 0 Å². The summed E-state index contributed by atoms with van der Waals surface area (Å²) in [5.74, 6) is 4.97. The van der Waals surface area contributed by atoms with Gasteiger partial charge in [0, 0.05) is 0 Å². The van der Waals surface area contributed by atoms with Gasteiger partial charge in [0.1, 0.15) is 0 Å². The fourth-order valence-corrected chi connectivity index (χ4v) is 11.9. The van der Waals surface area contributed by atoms with E-state index in [0.29, 0.717) is 32.2 Å². The molecule has 0 heterocycles. The van der Waals surface area contributed by atoms with E-state index in [9.17, 15) is 8.42 Å². The molecule has 7 atom stereocenters. The van der Waals surface area contributed by atoms with Crippen molar-refractivity contribution in [1.82, 2.24) is 0 Å². The SMILES string of the molecule is CC12CCCCC1CCC1C2CCC2(C)C(CCCC[Se]CCCS(=O)(=O)O)CCC12. The minimum atomic E-state index is -3.76. The molecule has 0 amide bonds. The Bertz CT molecular complexity index is 709. The molecule has 4 fully saturated rings. The summed E-state index contributed by atoms with van der Waals surface area (Å²) in [6, 6.07) is 0. The van der Waals surface area contributed by atoms with Gasteiger partial charge in [-0.3, -0.25) is 0 Å². The first-order chi connectivity index (χ1) is 14.7. The predicted octanol–water partition coefficient (Wildman–Crippen LogP) is 7.02. The normalized spacial score (nSPS) is 42.6. The van der Waals surface area contributed by atoms with Gasteiger partial charge in [-0.05, 0) is 0 Å². The van der Waals surface area contributed by atoms with Crippen molar-refractivity contribution in [3.05, 3.63) is 0 Å². The molecule has 0 aromatic carbocycles. The molecule has 0 spiro atoms. The van der Waals surface area contributed by atoms with E-state index >= 15 is 0 Å². The first kappa shape index (κ1) is 24.6. The zero-order valence-corrected chi connectivity index (χ0v) is 22.5. The van der Waals surface area contributed by atoms with Gasteiger partial charge in [0.15, 0.2) is 0 Å². The van der Waals surface area contributed by atoms with Crippen molar-refractivity contribution in [1.29, 1.82) is 0 Å². The van der Waals surface area contributed by atoms with Gasteiger partial charge in [-0.15, -0.1) is 0 Å². The predicted molar refractivity (Wildman–Crippen MR) is 130 cm³/mol. The van der Waals surface area contributed by atoms with Crippen LogP contribution < -0.4 is 0 Å². The average Bonchev–Trinajstić information content (AvgIpc) is 3.05. The second kappa shape index (κ2) is 9.96. The number of rotatable bonds is 9. The van der Waals surface area contributed by atoms with E-state index in [4.69, 9.17) is 4.55 Å². The molecular formula is C26H46O3SSe. The van der Waals surface area contributed by atoms with E-state index in [0.717, 1.165) is 34.9 Å². The molecule has 0 aromatic heterocycles. The van der Waals surface area contributed by atoms with Crippen LogP contribution in [0.5, 0.6) is 0 Å². The van der Waals surface area contributed by atoms with Crippen molar-refractivity contribution < 1.29 is 13.0 Å². The monoisotopic (exact) mass is 518 g/mol. The number of fused-ring (bicyclic) bond motifs is 5. The van der Waals surface area contributed by atoms with Gasteiger partial charge in [0.25, 0.3) is 0 Å². The van der Waals surface area contributed by atoms with Crippen molar-refractivity contribution in [2.45, 2.75) is 114 Å². The Morgan fingerprint density at radius 1 is 0.839 bits per heavy atom. The van der Waals surface area contributed by atoms with E-state index in [1.807, 2.05) is 0 Å². The van der Waals surface area contributed by atoms with Gasteiger partial charge in [0.05, 0.1) is 0 Å². The van der Waals surface area contributed by atoms with Gasteiger partial charge >= 0.3 is 192 Å². The second-order valence-electron chi connectivity index (χ2n) is 12.0. The van der Waals surface area contributed by atoms with Crippen LogP contribution in [0, 0.1) is 40.4 Å². The topological polar surface area (TPSA) is 54.4 Å². The summed E-state index contributed by atoms with van der Waals surface area (Å²) in [7, 11) is -3.76. The van der Waals surface area contributed by atoms with Crippen LogP contribution in [0.4, 0.5) is 0 Å². The van der Waals surface area contributed by atoms with Gasteiger partial charge < -0.3 is 0 Å². The summed E-state index contributed by atoms with van der Waals surface area (Å²) < 4.78 is 30.4. The molecule has 4 rings (SSSR count). The van der Waals surface area contributed by atoms with Crippen LogP contribution in [0.3, 0.4) is 0 Å². The maximum absolute atomic E-state index is 10.8. The van der Waals surface area contributed by atoms with Gasteiger partial charge in [-0.25, -0.2) is 0 Å². The van der Waals surface area contributed by atoms with E-state index in [1.54, 1.807) is 0 Å². The van der Waals surface area contributed by atoms with E-state index in [-0.39, 0.29) is 5.75 Å². The van der Waals surface area contributed by atoms with Crippen LogP contribution >= 0.6 is 0 Å². The quantitative estimate of drug-likeness (QED) is 0.203. The van der Waals surface area contributed by atoms with Crippen molar-refractivity contribution >= 4 is 25.1 Å². The maximum atomic E-state index is 10.8. The van der Waals surface area contributed by atoms with Crippen molar-refractivity contribution in [2.24, 2.45) is 40.4 Å². The Balaban J connectivity index is 1.24. The minimum absolute atomic E-state index is 0.0570. The Labute approximate surface area is 198 Å². The molecule has 1 N–H and O–H groups in total. The van der Waals surface area contributed by atoms with Crippen molar-refractivity contribution in [3.8, 4) is 0 Å². The molecule has 4 saturated carbocycles. The summed E-state index contributed by atoms with van der Waals surface area (Å²) >= 11 is 0.541. The molecule has 4 aliphatic rings. The first-order valence-electron chi connectivity index (χ1n) is 13.3. The van der Waals surface area contributed by atoms with Crippen LogP contribution in [0.25, 0.3) is 0 Å². The molecule has 0 bridgehead atoms.